The summed E-state index contributed by atoms with van der Waals surface area (Å²) >= 11 is 0. The monoisotopic (exact) mass is 673 g/mol. The van der Waals surface area contributed by atoms with Crippen LogP contribution in [0.15, 0.2) is 93.8 Å². The van der Waals surface area contributed by atoms with E-state index in [0.29, 0.717) is 41.1 Å². The molecule has 3 aromatic heterocycles. The van der Waals surface area contributed by atoms with E-state index in [-0.39, 0.29) is 26.2 Å². The molecule has 3 aromatic rings. The van der Waals surface area contributed by atoms with Crippen LogP contribution in [0.3, 0.4) is 0 Å². The Morgan fingerprint density at radius 3 is 0.833 bits per heavy atom. The third kappa shape index (κ3) is 6.93. The molecule has 3 heterocycles. The Bertz CT molecular complexity index is 2070. The van der Waals surface area contributed by atoms with Gasteiger partial charge in [-0.1, -0.05) is 24.3 Å². The van der Waals surface area contributed by atoms with Crippen molar-refractivity contribution >= 4 is 0 Å². The maximum Gasteiger partial charge on any atom is 0.336 e. The zero-order chi connectivity index (χ0) is 36.0. The minimum Gasteiger partial charge on any atom is -0.389 e. The van der Waals surface area contributed by atoms with Crippen molar-refractivity contribution in [2.24, 2.45) is 7.05 Å². The van der Waals surface area contributed by atoms with E-state index in [0.717, 1.165) is 7.05 Å². The standard InChI is InChI=1S/C28H35N9O11/c1-6-10-30-22(42)31(11-7-2)25(45)36(24(30)44)16-18(38)14-34-20(40)29(5)21(41)35(28(34)48)15-19(39)17-37-26(46)32(12-8-3)23(43)33(13-9-4)27(37)47/h6-9,18-19,38-39H,1-4,10-17H2,5H3. The quantitative estimate of drug-likeness (QED) is 0.136. The predicted molar refractivity (Wildman–Crippen MR) is 171 cm³/mol. The Hall–Kier alpha value is -5.89. The Morgan fingerprint density at radius 1 is 0.417 bits per heavy atom. The summed E-state index contributed by atoms with van der Waals surface area (Å²) in [5, 5.41) is 21.6. The van der Waals surface area contributed by atoms with Crippen molar-refractivity contribution in [2.45, 2.75) is 64.6 Å². The van der Waals surface area contributed by atoms with Gasteiger partial charge in [-0.2, -0.15) is 0 Å². The van der Waals surface area contributed by atoms with Crippen LogP contribution in [-0.2, 0) is 59.4 Å². The van der Waals surface area contributed by atoms with E-state index in [1.54, 1.807) is 0 Å². The fraction of sp³-hybridized carbons (Fsp3) is 0.393. The van der Waals surface area contributed by atoms with E-state index in [1.165, 1.54) is 24.3 Å². The molecule has 0 aliphatic carbocycles. The largest absolute Gasteiger partial charge is 0.389 e. The Kier molecular flexibility index (Phi) is 11.5. The molecule has 0 saturated carbocycles. The van der Waals surface area contributed by atoms with Crippen molar-refractivity contribution in [3.05, 3.63) is 145 Å². The molecule has 2 unspecified atom stereocenters. The highest BCUT2D eigenvalue weighted by Gasteiger charge is 2.23. The van der Waals surface area contributed by atoms with Crippen molar-refractivity contribution in [1.82, 2.24) is 41.1 Å². The molecule has 20 nitrogen and oxygen atoms in total. The lowest BCUT2D eigenvalue weighted by atomic mass is 10.3. The first-order valence-electron chi connectivity index (χ1n) is 14.3. The van der Waals surface area contributed by atoms with Crippen LogP contribution in [0.2, 0.25) is 0 Å². The highest BCUT2D eigenvalue weighted by Crippen LogP contribution is 1.93. The van der Waals surface area contributed by atoms with Gasteiger partial charge < -0.3 is 10.2 Å². The Labute approximate surface area is 268 Å². The summed E-state index contributed by atoms with van der Waals surface area (Å²) in [5.41, 5.74) is -9.99. The van der Waals surface area contributed by atoms with Gasteiger partial charge >= 0.3 is 51.2 Å². The molecule has 0 spiro atoms. The molecular weight excluding hydrogens is 638 g/mol. The summed E-state index contributed by atoms with van der Waals surface area (Å²) in [6, 6.07) is 0. The van der Waals surface area contributed by atoms with Crippen LogP contribution in [-0.4, -0.2) is 63.5 Å². The second-order valence-electron chi connectivity index (χ2n) is 10.4. The number of rotatable bonds is 16. The van der Waals surface area contributed by atoms with Gasteiger partial charge in [-0.15, -0.1) is 26.3 Å². The predicted octanol–water partition coefficient (Wildman–Crippen LogP) is -5.45. The molecule has 0 bridgehead atoms. The number of nitrogens with zero attached hydrogens (tertiary/aromatic N) is 9. The van der Waals surface area contributed by atoms with Crippen molar-refractivity contribution in [2.75, 3.05) is 0 Å². The van der Waals surface area contributed by atoms with Gasteiger partial charge in [0.1, 0.15) is 0 Å². The minimum absolute atomic E-state index is 0.276. The van der Waals surface area contributed by atoms with Crippen LogP contribution in [0.1, 0.15) is 0 Å². The normalized spacial score (nSPS) is 12.4. The molecule has 0 aromatic carbocycles. The fourth-order valence-electron chi connectivity index (χ4n) is 4.84. The van der Waals surface area contributed by atoms with E-state index >= 15 is 0 Å². The third-order valence-electron chi connectivity index (χ3n) is 7.09. The number of aromatic nitrogens is 9. The van der Waals surface area contributed by atoms with Gasteiger partial charge in [-0.25, -0.2) is 84.3 Å². The van der Waals surface area contributed by atoms with Gasteiger partial charge in [-0.3, -0.25) is 0 Å². The van der Waals surface area contributed by atoms with Crippen molar-refractivity contribution < 1.29 is 10.2 Å². The number of allylic oxidation sites excluding steroid dienone is 4. The first-order valence-corrected chi connectivity index (χ1v) is 14.3. The number of hydrogen-bond acceptors (Lipinski definition) is 11. The van der Waals surface area contributed by atoms with E-state index in [9.17, 15) is 53.4 Å². The summed E-state index contributed by atoms with van der Waals surface area (Å²) in [6.45, 7) is 9.47. The summed E-state index contributed by atoms with van der Waals surface area (Å²) in [6.07, 6.45) is 1.38. The van der Waals surface area contributed by atoms with Crippen molar-refractivity contribution in [1.29, 1.82) is 0 Å². The lowest BCUT2D eigenvalue weighted by Gasteiger charge is -2.19. The van der Waals surface area contributed by atoms with Crippen molar-refractivity contribution in [3.63, 3.8) is 0 Å². The highest BCUT2D eigenvalue weighted by atomic mass is 16.3. The van der Waals surface area contributed by atoms with Crippen LogP contribution >= 0.6 is 0 Å². The van der Waals surface area contributed by atoms with Gasteiger partial charge in [-0.05, 0) is 0 Å². The van der Waals surface area contributed by atoms with Crippen LogP contribution < -0.4 is 51.2 Å². The lowest BCUT2D eigenvalue weighted by molar-refractivity contribution is 0.115. The lowest BCUT2D eigenvalue weighted by Crippen LogP contribution is -2.58. The summed E-state index contributed by atoms with van der Waals surface area (Å²) in [4.78, 5) is 116. The smallest absolute Gasteiger partial charge is 0.336 e. The SMILES string of the molecule is C=CCn1c(=O)n(CC=C)c(=O)n(CC(O)Cn2c(=O)n(C)c(=O)n(CC(O)Cn3c(=O)n(CC=C)c(=O)n(CC=C)c3=O)c2=O)c1=O. The fourth-order valence-corrected chi connectivity index (χ4v) is 4.84. The topological polar surface area (TPSA) is 238 Å². The zero-order valence-electron chi connectivity index (χ0n) is 26.0. The average Bonchev–Trinajstić information content (AvgIpc) is 3.05. The van der Waals surface area contributed by atoms with Gasteiger partial charge in [0.25, 0.3) is 0 Å². The molecule has 0 radical (unpaired) electrons. The second-order valence-corrected chi connectivity index (χ2v) is 10.4. The molecule has 0 fully saturated rings. The highest BCUT2D eigenvalue weighted by molar-refractivity contribution is 4.88. The molecule has 48 heavy (non-hydrogen) atoms. The van der Waals surface area contributed by atoms with E-state index < -0.39 is 89.6 Å². The number of aliphatic hydroxyl groups excluding tert-OH is 2. The van der Waals surface area contributed by atoms with E-state index in [4.69, 9.17) is 0 Å². The molecule has 0 saturated heterocycles. The molecule has 0 amide bonds. The van der Waals surface area contributed by atoms with Gasteiger partial charge in [0.2, 0.25) is 0 Å². The minimum atomic E-state index is -1.78. The van der Waals surface area contributed by atoms with Crippen LogP contribution in [0, 0.1) is 0 Å². The van der Waals surface area contributed by atoms with Crippen LogP contribution in [0.25, 0.3) is 0 Å². The average molecular weight is 674 g/mol. The van der Waals surface area contributed by atoms with Crippen LogP contribution in [0.5, 0.6) is 0 Å². The molecule has 258 valence electrons. The molecule has 2 atom stereocenters. The molecule has 0 aliphatic rings. The van der Waals surface area contributed by atoms with Gasteiger partial charge in [0, 0.05) is 7.05 Å². The summed E-state index contributed by atoms with van der Waals surface area (Å²) < 4.78 is 5.09. The molecule has 3 rings (SSSR count). The summed E-state index contributed by atoms with van der Waals surface area (Å²) in [7, 11) is 1.00. The van der Waals surface area contributed by atoms with Gasteiger partial charge in [0.05, 0.1) is 64.6 Å². The molecule has 20 heteroatoms. The van der Waals surface area contributed by atoms with E-state index in [2.05, 4.69) is 26.3 Å². The number of hydrogen-bond donors (Lipinski definition) is 2. The maximum atomic E-state index is 13.3. The van der Waals surface area contributed by atoms with Crippen LogP contribution in [0.4, 0.5) is 0 Å². The van der Waals surface area contributed by atoms with Crippen molar-refractivity contribution in [3.8, 4) is 0 Å². The second kappa shape index (κ2) is 15.1. The zero-order valence-corrected chi connectivity index (χ0v) is 26.0. The Morgan fingerprint density at radius 2 is 0.604 bits per heavy atom. The third-order valence-corrected chi connectivity index (χ3v) is 7.09. The Balaban J connectivity index is 2.04. The summed E-state index contributed by atoms with van der Waals surface area (Å²) in [5.74, 6) is 0. The molecule has 0 aliphatic heterocycles. The molecule has 2 N–H and O–H groups in total. The first-order chi connectivity index (χ1) is 22.7. The first kappa shape index (κ1) is 36.6. The maximum absolute atomic E-state index is 13.3. The van der Waals surface area contributed by atoms with E-state index in [1.807, 2.05) is 0 Å². The number of aliphatic hydroxyl groups is 2. The van der Waals surface area contributed by atoms with Gasteiger partial charge in [0.15, 0.2) is 0 Å². The molecular formula is C28H35N9O11.